The van der Waals surface area contributed by atoms with Gasteiger partial charge in [-0.1, -0.05) is 24.8 Å². The second-order valence-electron chi connectivity index (χ2n) is 9.51. The SMILES string of the molecule is C=C/C=C(/c1cc(C)cc(F)c1)c1cc(-c2[nH]nc3ncc(-c4cncc(NC(C)C)c4)cc23)[nH]c1C. The third kappa shape index (κ3) is 4.93. The Morgan fingerprint density at radius 3 is 2.59 bits per heavy atom. The van der Waals surface area contributed by atoms with Gasteiger partial charge in [0, 0.05) is 52.4 Å². The fourth-order valence-corrected chi connectivity index (χ4v) is 4.60. The van der Waals surface area contributed by atoms with Crippen LogP contribution in [-0.4, -0.2) is 31.2 Å². The number of fused-ring (bicyclic) bond motifs is 1. The normalized spacial score (nSPS) is 11.9. The van der Waals surface area contributed by atoms with Gasteiger partial charge in [0.05, 0.1) is 17.1 Å². The molecule has 5 aromatic rings. The largest absolute Gasteiger partial charge is 0.382 e. The molecule has 37 heavy (non-hydrogen) atoms. The minimum absolute atomic E-state index is 0.265. The molecule has 0 fully saturated rings. The highest BCUT2D eigenvalue weighted by Crippen LogP contribution is 2.34. The van der Waals surface area contributed by atoms with Gasteiger partial charge < -0.3 is 10.3 Å². The Hall–Kier alpha value is -4.52. The van der Waals surface area contributed by atoms with Gasteiger partial charge in [0.2, 0.25) is 0 Å². The molecule has 0 unspecified atom stereocenters. The van der Waals surface area contributed by atoms with E-state index in [1.165, 1.54) is 6.07 Å². The van der Waals surface area contributed by atoms with Gasteiger partial charge in [-0.3, -0.25) is 10.1 Å². The van der Waals surface area contributed by atoms with Crippen LogP contribution in [0.4, 0.5) is 10.1 Å². The predicted molar refractivity (Wildman–Crippen MR) is 149 cm³/mol. The number of benzene rings is 1. The maximum absolute atomic E-state index is 14.2. The van der Waals surface area contributed by atoms with Crippen LogP contribution >= 0.6 is 0 Å². The van der Waals surface area contributed by atoms with Gasteiger partial charge >= 0.3 is 0 Å². The van der Waals surface area contributed by atoms with Crippen molar-refractivity contribution in [3.63, 3.8) is 0 Å². The molecular weight excluding hydrogens is 463 g/mol. The smallest absolute Gasteiger partial charge is 0.181 e. The summed E-state index contributed by atoms with van der Waals surface area (Å²) >= 11 is 0. The first-order valence-electron chi connectivity index (χ1n) is 12.2. The fraction of sp³-hybridized carbons (Fsp3) is 0.167. The number of anilines is 1. The van der Waals surface area contributed by atoms with Crippen LogP contribution < -0.4 is 5.32 Å². The number of aromatic amines is 2. The fourth-order valence-electron chi connectivity index (χ4n) is 4.60. The number of H-pyrrole nitrogens is 2. The van der Waals surface area contributed by atoms with Crippen LogP contribution in [0.5, 0.6) is 0 Å². The monoisotopic (exact) mass is 492 g/mol. The molecule has 0 atom stereocenters. The number of halogens is 1. The second-order valence-corrected chi connectivity index (χ2v) is 9.51. The van der Waals surface area contributed by atoms with E-state index in [-0.39, 0.29) is 5.82 Å². The standard InChI is InChI=1S/C30H29FN6/c1-6-7-25(20-8-18(4)9-23(31)10-20)26-13-28(35-19(26)5)29-27-12-22(15-33-30(27)37-36-29)21-11-24(16-32-14-21)34-17(2)3/h6-17,34-35H,1H2,2-5H3,(H,33,36,37)/b25-7-. The van der Waals surface area contributed by atoms with E-state index in [1.807, 2.05) is 44.6 Å². The number of rotatable bonds is 7. The molecule has 1 aromatic carbocycles. The van der Waals surface area contributed by atoms with Gasteiger partial charge in [-0.25, -0.2) is 9.37 Å². The van der Waals surface area contributed by atoms with Crippen molar-refractivity contribution in [2.45, 2.75) is 33.7 Å². The maximum Gasteiger partial charge on any atom is 0.181 e. The van der Waals surface area contributed by atoms with E-state index in [0.717, 1.165) is 61.5 Å². The number of hydrogen-bond donors (Lipinski definition) is 3. The van der Waals surface area contributed by atoms with Crippen LogP contribution in [0, 0.1) is 19.7 Å². The number of nitrogens with one attached hydrogen (secondary N) is 3. The average Bonchev–Trinajstić information content (AvgIpc) is 3.44. The first kappa shape index (κ1) is 24.2. The summed E-state index contributed by atoms with van der Waals surface area (Å²) in [4.78, 5) is 12.5. The van der Waals surface area contributed by atoms with Gasteiger partial charge in [0.25, 0.3) is 0 Å². The van der Waals surface area contributed by atoms with Crippen molar-refractivity contribution in [2.75, 3.05) is 5.32 Å². The quantitative estimate of drug-likeness (QED) is 0.210. The van der Waals surface area contributed by atoms with Crippen LogP contribution in [-0.2, 0) is 0 Å². The Labute approximate surface area is 215 Å². The summed E-state index contributed by atoms with van der Waals surface area (Å²) in [7, 11) is 0. The minimum atomic E-state index is -0.265. The van der Waals surface area contributed by atoms with E-state index in [2.05, 4.69) is 69.1 Å². The van der Waals surface area contributed by atoms with Crippen molar-refractivity contribution in [3.8, 4) is 22.5 Å². The Bertz CT molecular complexity index is 1620. The van der Waals surface area contributed by atoms with Gasteiger partial charge in [-0.15, -0.1) is 0 Å². The first-order chi connectivity index (χ1) is 17.8. The van der Waals surface area contributed by atoms with Crippen molar-refractivity contribution in [1.82, 2.24) is 25.1 Å². The molecule has 0 aliphatic heterocycles. The number of aromatic nitrogens is 5. The van der Waals surface area contributed by atoms with Crippen LogP contribution in [0.1, 0.15) is 36.2 Å². The van der Waals surface area contributed by atoms with Crippen LogP contribution in [0.2, 0.25) is 0 Å². The molecule has 7 heteroatoms. The zero-order valence-corrected chi connectivity index (χ0v) is 21.4. The summed E-state index contributed by atoms with van der Waals surface area (Å²) in [5.74, 6) is -0.265. The van der Waals surface area contributed by atoms with Crippen LogP contribution in [0.15, 0.2) is 73.7 Å². The number of allylic oxidation sites excluding steroid dienone is 2. The molecular formula is C30H29FN6. The Morgan fingerprint density at radius 2 is 1.84 bits per heavy atom. The molecule has 3 N–H and O–H groups in total. The van der Waals surface area contributed by atoms with Crippen molar-refractivity contribution in [2.24, 2.45) is 0 Å². The number of nitrogens with zero attached hydrogens (tertiary/aromatic N) is 3. The lowest BCUT2D eigenvalue weighted by Gasteiger charge is -2.10. The molecule has 0 spiro atoms. The lowest BCUT2D eigenvalue weighted by Crippen LogP contribution is -2.09. The Balaban J connectivity index is 1.57. The number of pyridine rings is 2. The predicted octanol–water partition coefficient (Wildman–Crippen LogP) is 7.21. The van der Waals surface area contributed by atoms with Crippen molar-refractivity contribution < 1.29 is 4.39 Å². The summed E-state index contributed by atoms with van der Waals surface area (Å²) in [6.45, 7) is 11.9. The molecule has 0 saturated carbocycles. The van der Waals surface area contributed by atoms with E-state index in [9.17, 15) is 4.39 Å². The molecule has 186 valence electrons. The molecule has 4 heterocycles. The molecule has 6 nitrogen and oxygen atoms in total. The second kappa shape index (κ2) is 9.85. The highest BCUT2D eigenvalue weighted by molar-refractivity contribution is 5.94. The third-order valence-electron chi connectivity index (χ3n) is 6.15. The summed E-state index contributed by atoms with van der Waals surface area (Å²) in [6, 6.07) is 11.5. The zero-order valence-electron chi connectivity index (χ0n) is 21.4. The summed E-state index contributed by atoms with van der Waals surface area (Å²) < 4.78 is 14.2. The topological polar surface area (TPSA) is 82.3 Å². The molecule has 0 radical (unpaired) electrons. The van der Waals surface area contributed by atoms with E-state index in [0.29, 0.717) is 11.7 Å². The molecule has 0 saturated heterocycles. The van der Waals surface area contributed by atoms with E-state index in [1.54, 1.807) is 12.1 Å². The molecule has 0 aliphatic rings. The average molecular weight is 493 g/mol. The molecule has 0 amide bonds. The van der Waals surface area contributed by atoms with E-state index >= 15 is 0 Å². The van der Waals surface area contributed by atoms with Crippen molar-refractivity contribution in [3.05, 3.63) is 102 Å². The van der Waals surface area contributed by atoms with Crippen LogP contribution in [0.25, 0.3) is 39.1 Å². The molecule has 5 rings (SSSR count). The van der Waals surface area contributed by atoms with E-state index < -0.39 is 0 Å². The molecule has 0 aliphatic carbocycles. The lowest BCUT2D eigenvalue weighted by atomic mass is 9.96. The zero-order chi connectivity index (χ0) is 26.1. The van der Waals surface area contributed by atoms with Crippen molar-refractivity contribution >= 4 is 22.3 Å². The number of hydrogen-bond acceptors (Lipinski definition) is 4. The molecule has 0 bridgehead atoms. The van der Waals surface area contributed by atoms with Crippen LogP contribution in [0.3, 0.4) is 0 Å². The Morgan fingerprint density at radius 1 is 1.03 bits per heavy atom. The van der Waals surface area contributed by atoms with Crippen molar-refractivity contribution in [1.29, 1.82) is 0 Å². The summed E-state index contributed by atoms with van der Waals surface area (Å²) in [5.41, 5.74) is 9.65. The van der Waals surface area contributed by atoms with Gasteiger partial charge in [-0.2, -0.15) is 5.10 Å². The highest BCUT2D eigenvalue weighted by atomic mass is 19.1. The molecule has 4 aromatic heterocycles. The van der Waals surface area contributed by atoms with E-state index in [4.69, 9.17) is 0 Å². The lowest BCUT2D eigenvalue weighted by molar-refractivity contribution is 0.626. The highest BCUT2D eigenvalue weighted by Gasteiger charge is 2.17. The van der Waals surface area contributed by atoms with Gasteiger partial charge in [0.15, 0.2) is 5.65 Å². The van der Waals surface area contributed by atoms with Gasteiger partial charge in [-0.05, 0) is 74.7 Å². The van der Waals surface area contributed by atoms with Gasteiger partial charge in [0.1, 0.15) is 5.82 Å². The number of aryl methyl sites for hydroxylation is 2. The third-order valence-corrected chi connectivity index (χ3v) is 6.15. The summed E-state index contributed by atoms with van der Waals surface area (Å²) in [6.07, 6.45) is 9.09. The Kier molecular flexibility index (Phi) is 6.44. The summed E-state index contributed by atoms with van der Waals surface area (Å²) in [5, 5.41) is 11.9. The first-order valence-corrected chi connectivity index (χ1v) is 12.2. The minimum Gasteiger partial charge on any atom is -0.382 e. The maximum atomic E-state index is 14.2.